The van der Waals surface area contributed by atoms with E-state index in [9.17, 15) is 28.7 Å². The minimum atomic E-state index is -1.96. The van der Waals surface area contributed by atoms with Crippen molar-refractivity contribution in [1.82, 2.24) is 20.5 Å². The van der Waals surface area contributed by atoms with E-state index in [-0.39, 0.29) is 39.0 Å². The highest BCUT2D eigenvalue weighted by Crippen LogP contribution is 2.40. The molecule has 1 aliphatic heterocycles. The summed E-state index contributed by atoms with van der Waals surface area (Å²) < 4.78 is 25.8. The number of nitrogens with zero attached hydrogens (tertiary/aromatic N) is 2. The second kappa shape index (κ2) is 14.8. The minimum Gasteiger partial charge on any atom is -0.493 e. The standard InChI is InChI=1S/C32H43FN4O7S/c1-20-26(45-19-35-20)21-7-8-22(25(15-21)44-13-6-5-12-43-14-11-38)17-34-28(40)24-16-23(39)18-37(24)29(41)27(31(2,3)4)36-30(42)32(33)9-10-32/h7-8,11,15,19,23-24,27,39H,5-6,9-10,12-14,16-18H2,1-4H3,(H,34,40)(H,36,42)/t23-,24+,27-/m1/s1. The number of thiazole rings is 1. The lowest BCUT2D eigenvalue weighted by atomic mass is 9.85. The Kier molecular flexibility index (Phi) is 11.3. The van der Waals surface area contributed by atoms with Crippen LogP contribution in [0.25, 0.3) is 10.4 Å². The van der Waals surface area contributed by atoms with E-state index in [0.29, 0.717) is 38.1 Å². The van der Waals surface area contributed by atoms with E-state index in [0.717, 1.165) is 21.7 Å². The lowest BCUT2D eigenvalue weighted by molar-refractivity contribution is -0.145. The van der Waals surface area contributed by atoms with Gasteiger partial charge < -0.3 is 34.9 Å². The molecule has 2 aromatic rings. The van der Waals surface area contributed by atoms with Gasteiger partial charge in [-0.05, 0) is 49.7 Å². The van der Waals surface area contributed by atoms with Gasteiger partial charge in [-0.1, -0.05) is 32.9 Å². The number of unbranched alkanes of at least 4 members (excludes halogenated alkanes) is 1. The summed E-state index contributed by atoms with van der Waals surface area (Å²) in [5.41, 5.74) is 1.61. The summed E-state index contributed by atoms with van der Waals surface area (Å²) in [6.45, 7) is 8.14. The second-order valence-electron chi connectivity index (χ2n) is 12.7. The topological polar surface area (TPSA) is 147 Å². The first-order valence-corrected chi connectivity index (χ1v) is 16.2. The summed E-state index contributed by atoms with van der Waals surface area (Å²) in [5.74, 6) is -1.23. The van der Waals surface area contributed by atoms with Crippen molar-refractivity contribution in [3.05, 3.63) is 35.0 Å². The molecule has 2 fully saturated rings. The fourth-order valence-electron chi connectivity index (χ4n) is 5.19. The van der Waals surface area contributed by atoms with Crippen molar-refractivity contribution in [2.24, 2.45) is 5.41 Å². The molecule has 1 aromatic carbocycles. The predicted octanol–water partition coefficient (Wildman–Crippen LogP) is 3.10. The molecule has 1 aliphatic carbocycles. The first-order valence-electron chi connectivity index (χ1n) is 15.3. The largest absolute Gasteiger partial charge is 0.493 e. The summed E-state index contributed by atoms with van der Waals surface area (Å²) >= 11 is 1.52. The third-order valence-corrected chi connectivity index (χ3v) is 8.98. The molecule has 0 radical (unpaired) electrons. The molecule has 3 atom stereocenters. The predicted molar refractivity (Wildman–Crippen MR) is 166 cm³/mol. The van der Waals surface area contributed by atoms with Crippen molar-refractivity contribution in [1.29, 1.82) is 0 Å². The first-order chi connectivity index (χ1) is 21.3. The van der Waals surface area contributed by atoms with Gasteiger partial charge in [-0.2, -0.15) is 0 Å². The molecule has 1 saturated heterocycles. The number of aryl methyl sites for hydroxylation is 1. The van der Waals surface area contributed by atoms with Crippen LogP contribution >= 0.6 is 11.3 Å². The monoisotopic (exact) mass is 646 g/mol. The molecule has 246 valence electrons. The number of aliphatic hydroxyl groups is 1. The number of likely N-dealkylation sites (tertiary alicyclic amines) is 1. The number of hydrogen-bond acceptors (Lipinski definition) is 9. The van der Waals surface area contributed by atoms with Gasteiger partial charge in [-0.25, -0.2) is 9.37 Å². The number of halogens is 1. The van der Waals surface area contributed by atoms with Crippen LogP contribution in [0.1, 0.15) is 64.1 Å². The number of aliphatic hydroxyl groups excluding tert-OH is 1. The maximum absolute atomic E-state index is 14.5. The van der Waals surface area contributed by atoms with E-state index < -0.39 is 47.0 Å². The Hall–Kier alpha value is -3.42. The average Bonchev–Trinajstić information content (AvgIpc) is 3.40. The number of hydrogen-bond donors (Lipinski definition) is 3. The zero-order valence-electron chi connectivity index (χ0n) is 26.3. The van der Waals surface area contributed by atoms with Gasteiger partial charge in [0.05, 0.1) is 28.8 Å². The number of amides is 3. The molecule has 13 heteroatoms. The Morgan fingerprint density at radius 2 is 1.98 bits per heavy atom. The number of alkyl halides is 1. The third-order valence-electron chi connectivity index (χ3n) is 8.00. The van der Waals surface area contributed by atoms with Crippen LogP contribution in [0.3, 0.4) is 0 Å². The lowest BCUT2D eigenvalue weighted by Crippen LogP contribution is -2.59. The summed E-state index contributed by atoms with van der Waals surface area (Å²) in [5, 5.41) is 15.9. The molecule has 1 saturated carbocycles. The van der Waals surface area contributed by atoms with Crippen LogP contribution in [0.5, 0.6) is 5.75 Å². The van der Waals surface area contributed by atoms with Crippen LogP contribution in [0.15, 0.2) is 23.7 Å². The number of carbonyl (C=O) groups is 4. The molecule has 1 aromatic heterocycles. The highest BCUT2D eigenvalue weighted by atomic mass is 32.1. The van der Waals surface area contributed by atoms with Crippen LogP contribution in [-0.4, -0.2) is 89.2 Å². The molecule has 0 bridgehead atoms. The number of nitrogens with one attached hydrogen (secondary N) is 2. The normalized spacial score (nSPS) is 19.6. The zero-order valence-corrected chi connectivity index (χ0v) is 27.1. The average molecular weight is 647 g/mol. The molecule has 45 heavy (non-hydrogen) atoms. The van der Waals surface area contributed by atoms with Gasteiger partial charge >= 0.3 is 0 Å². The molecule has 2 aliphatic rings. The van der Waals surface area contributed by atoms with Crippen LogP contribution in [0.4, 0.5) is 4.39 Å². The number of benzene rings is 1. The fraction of sp³-hybridized carbons (Fsp3) is 0.594. The van der Waals surface area contributed by atoms with Crippen LogP contribution in [0, 0.1) is 12.3 Å². The van der Waals surface area contributed by atoms with Gasteiger partial charge in [0, 0.05) is 31.7 Å². The SMILES string of the molecule is Cc1ncsc1-c1ccc(CNC(=O)[C@@H]2C[C@@H](O)CN2C(=O)[C@@H](NC(=O)C2(F)CC2)C(C)(C)C)c(OCCCCOCC=O)c1. The van der Waals surface area contributed by atoms with E-state index in [4.69, 9.17) is 9.47 Å². The number of ether oxygens (including phenoxy) is 2. The maximum atomic E-state index is 14.5. The summed E-state index contributed by atoms with van der Waals surface area (Å²) in [4.78, 5) is 56.8. The van der Waals surface area contributed by atoms with Crippen LogP contribution in [-0.2, 0) is 30.5 Å². The zero-order chi connectivity index (χ0) is 32.8. The molecule has 11 nitrogen and oxygen atoms in total. The van der Waals surface area contributed by atoms with Crippen molar-refractivity contribution < 1.29 is 38.1 Å². The molecule has 3 N–H and O–H groups in total. The van der Waals surface area contributed by atoms with Gasteiger partial charge in [0.15, 0.2) is 5.67 Å². The highest BCUT2D eigenvalue weighted by Gasteiger charge is 2.53. The Balaban J connectivity index is 1.45. The van der Waals surface area contributed by atoms with Gasteiger partial charge in [0.2, 0.25) is 11.8 Å². The van der Waals surface area contributed by atoms with Crippen molar-refractivity contribution in [3.63, 3.8) is 0 Å². The van der Waals surface area contributed by atoms with Crippen molar-refractivity contribution in [3.8, 4) is 16.2 Å². The maximum Gasteiger partial charge on any atom is 0.258 e. The molecular weight excluding hydrogens is 603 g/mol. The smallest absolute Gasteiger partial charge is 0.258 e. The lowest BCUT2D eigenvalue weighted by Gasteiger charge is -2.35. The van der Waals surface area contributed by atoms with E-state index in [2.05, 4.69) is 15.6 Å². The van der Waals surface area contributed by atoms with Crippen LogP contribution < -0.4 is 15.4 Å². The van der Waals surface area contributed by atoms with Gasteiger partial charge in [0.1, 0.15) is 30.7 Å². The van der Waals surface area contributed by atoms with Gasteiger partial charge in [-0.3, -0.25) is 14.4 Å². The van der Waals surface area contributed by atoms with Gasteiger partial charge in [-0.15, -0.1) is 11.3 Å². The Bertz CT molecular complexity index is 1370. The summed E-state index contributed by atoms with van der Waals surface area (Å²) in [6.07, 6.45) is 1.46. The van der Waals surface area contributed by atoms with E-state index in [1.807, 2.05) is 25.1 Å². The number of carbonyl (C=O) groups excluding carboxylic acids is 4. The molecule has 4 rings (SSSR count). The Morgan fingerprint density at radius 1 is 1.24 bits per heavy atom. The Labute approximate surface area is 266 Å². The first kappa shape index (κ1) is 34.5. The van der Waals surface area contributed by atoms with Crippen LogP contribution in [0.2, 0.25) is 0 Å². The number of aldehydes is 1. The number of aromatic nitrogens is 1. The number of β-amino-alcohol motifs (C(OH)–C–C–N with tert-alkyl or cyclic N) is 1. The molecule has 2 heterocycles. The molecule has 0 unspecified atom stereocenters. The summed E-state index contributed by atoms with van der Waals surface area (Å²) in [7, 11) is 0. The summed E-state index contributed by atoms with van der Waals surface area (Å²) in [6, 6.07) is 3.67. The van der Waals surface area contributed by atoms with E-state index in [1.54, 1.807) is 26.3 Å². The van der Waals surface area contributed by atoms with Gasteiger partial charge in [0.25, 0.3) is 5.91 Å². The fourth-order valence-corrected chi connectivity index (χ4v) is 6.00. The highest BCUT2D eigenvalue weighted by molar-refractivity contribution is 7.13. The van der Waals surface area contributed by atoms with Crippen molar-refractivity contribution >= 4 is 35.3 Å². The number of rotatable bonds is 15. The minimum absolute atomic E-state index is 0.0363. The molecular formula is C32H43FN4O7S. The second-order valence-corrected chi connectivity index (χ2v) is 13.6. The quantitative estimate of drug-likeness (QED) is 0.198. The Morgan fingerprint density at radius 3 is 2.62 bits per heavy atom. The van der Waals surface area contributed by atoms with Crippen molar-refractivity contribution in [2.45, 2.75) is 90.2 Å². The molecule has 3 amide bonds. The molecule has 0 spiro atoms. The third kappa shape index (κ3) is 8.86. The van der Waals surface area contributed by atoms with E-state index in [1.165, 1.54) is 16.2 Å². The van der Waals surface area contributed by atoms with E-state index >= 15 is 0 Å². The van der Waals surface area contributed by atoms with Crippen molar-refractivity contribution in [2.75, 3.05) is 26.4 Å².